The molecular formula is C13H20ClIN2O. The second kappa shape index (κ2) is 8.32. The van der Waals surface area contributed by atoms with Gasteiger partial charge in [0, 0.05) is 42.4 Å². The Kier molecular flexibility index (Phi) is 7.48. The highest BCUT2D eigenvalue weighted by Crippen LogP contribution is 2.25. The quantitative estimate of drug-likeness (QED) is 0.782. The molecule has 1 aromatic rings. The van der Waals surface area contributed by atoms with Gasteiger partial charge in [0.15, 0.2) is 0 Å². The Morgan fingerprint density at radius 3 is 2.39 bits per heavy atom. The molecular weight excluding hydrogens is 363 g/mol. The lowest BCUT2D eigenvalue weighted by Gasteiger charge is -2.35. The average Bonchev–Trinajstić information content (AvgIpc) is 2.38. The molecule has 1 aromatic carbocycles. The molecule has 2 N–H and O–H groups in total. The summed E-state index contributed by atoms with van der Waals surface area (Å²) in [6.45, 7) is 4.48. The van der Waals surface area contributed by atoms with Gasteiger partial charge in [0.2, 0.25) is 0 Å². The Bertz CT molecular complexity index is 341. The molecule has 0 unspecified atom stereocenters. The summed E-state index contributed by atoms with van der Waals surface area (Å²) in [5, 5.41) is 12.6. The van der Waals surface area contributed by atoms with E-state index >= 15 is 0 Å². The zero-order chi connectivity index (χ0) is 12.1. The standard InChI is InChI=1S/C13H19IN2O.ClH/c14-12-3-1-11(2-4-12)13(5-10-17)16-8-6-15-7-9-16;/h1-4,13,15,17H,5-10H2;1H/t13-;/m1./s1. The maximum Gasteiger partial charge on any atom is 0.0449 e. The van der Waals surface area contributed by atoms with E-state index < -0.39 is 0 Å². The molecule has 0 spiro atoms. The van der Waals surface area contributed by atoms with Crippen LogP contribution in [0.2, 0.25) is 0 Å². The minimum Gasteiger partial charge on any atom is -0.396 e. The summed E-state index contributed by atoms with van der Waals surface area (Å²) >= 11 is 2.32. The van der Waals surface area contributed by atoms with Gasteiger partial charge in [-0.15, -0.1) is 12.4 Å². The van der Waals surface area contributed by atoms with E-state index in [4.69, 9.17) is 0 Å². The minimum atomic E-state index is 0. The Balaban J connectivity index is 0.00000162. The summed E-state index contributed by atoms with van der Waals surface area (Å²) in [5.41, 5.74) is 1.32. The number of piperazine rings is 1. The van der Waals surface area contributed by atoms with Gasteiger partial charge < -0.3 is 10.4 Å². The Labute approximate surface area is 128 Å². The van der Waals surface area contributed by atoms with Crippen molar-refractivity contribution in [3.05, 3.63) is 33.4 Å². The van der Waals surface area contributed by atoms with Crippen molar-refractivity contribution in [3.8, 4) is 0 Å². The second-order valence-corrected chi connectivity index (χ2v) is 5.61. The monoisotopic (exact) mass is 382 g/mol. The maximum atomic E-state index is 9.24. The fourth-order valence-corrected chi connectivity index (χ4v) is 2.72. The normalized spacial score (nSPS) is 18.1. The van der Waals surface area contributed by atoms with Gasteiger partial charge in [-0.2, -0.15) is 0 Å². The molecule has 0 bridgehead atoms. The smallest absolute Gasteiger partial charge is 0.0449 e. The van der Waals surface area contributed by atoms with Crippen LogP contribution in [0.15, 0.2) is 24.3 Å². The third-order valence-electron chi connectivity index (χ3n) is 3.25. The molecule has 1 aliphatic heterocycles. The molecule has 0 saturated carbocycles. The van der Waals surface area contributed by atoms with Crippen molar-refractivity contribution in [2.24, 2.45) is 0 Å². The molecule has 1 saturated heterocycles. The van der Waals surface area contributed by atoms with E-state index in [0.29, 0.717) is 6.04 Å². The highest BCUT2D eigenvalue weighted by molar-refractivity contribution is 14.1. The highest BCUT2D eigenvalue weighted by Gasteiger charge is 2.21. The molecule has 1 atom stereocenters. The number of aliphatic hydroxyl groups is 1. The minimum absolute atomic E-state index is 0. The van der Waals surface area contributed by atoms with Gasteiger partial charge in [0.05, 0.1) is 0 Å². The summed E-state index contributed by atoms with van der Waals surface area (Å²) < 4.78 is 1.26. The number of benzene rings is 1. The third kappa shape index (κ3) is 4.35. The Hall–Kier alpha value is 0.120. The van der Waals surface area contributed by atoms with Gasteiger partial charge in [-0.3, -0.25) is 4.90 Å². The Morgan fingerprint density at radius 1 is 1.22 bits per heavy atom. The van der Waals surface area contributed by atoms with E-state index in [1.54, 1.807) is 0 Å². The van der Waals surface area contributed by atoms with Crippen LogP contribution >= 0.6 is 35.0 Å². The number of hydrogen-bond donors (Lipinski definition) is 2. The van der Waals surface area contributed by atoms with E-state index in [1.165, 1.54) is 9.13 Å². The van der Waals surface area contributed by atoms with Crippen molar-refractivity contribution in [1.29, 1.82) is 0 Å². The molecule has 2 rings (SSSR count). The van der Waals surface area contributed by atoms with Crippen LogP contribution in [0.4, 0.5) is 0 Å². The zero-order valence-corrected chi connectivity index (χ0v) is 13.3. The summed E-state index contributed by atoms with van der Waals surface area (Å²) in [6, 6.07) is 9.01. The van der Waals surface area contributed by atoms with Crippen LogP contribution < -0.4 is 5.32 Å². The molecule has 1 heterocycles. The van der Waals surface area contributed by atoms with Crippen molar-refractivity contribution >= 4 is 35.0 Å². The van der Waals surface area contributed by atoms with Crippen LogP contribution in [0.5, 0.6) is 0 Å². The SMILES string of the molecule is Cl.OCC[C@H](c1ccc(I)cc1)N1CCNCC1. The number of halogens is 2. The molecule has 0 aliphatic carbocycles. The van der Waals surface area contributed by atoms with Crippen molar-refractivity contribution in [2.45, 2.75) is 12.5 Å². The fraction of sp³-hybridized carbons (Fsp3) is 0.538. The average molecular weight is 383 g/mol. The van der Waals surface area contributed by atoms with E-state index in [1.807, 2.05) is 0 Å². The van der Waals surface area contributed by atoms with Crippen LogP contribution in [0, 0.1) is 3.57 Å². The molecule has 3 nitrogen and oxygen atoms in total. The van der Waals surface area contributed by atoms with Crippen LogP contribution in [-0.4, -0.2) is 42.8 Å². The van der Waals surface area contributed by atoms with Crippen molar-refractivity contribution < 1.29 is 5.11 Å². The second-order valence-electron chi connectivity index (χ2n) is 4.37. The summed E-state index contributed by atoms with van der Waals surface area (Å²) in [6.07, 6.45) is 0.820. The molecule has 18 heavy (non-hydrogen) atoms. The predicted octanol–water partition coefficient (Wildman–Crippen LogP) is 2.04. The van der Waals surface area contributed by atoms with Gasteiger partial charge >= 0.3 is 0 Å². The number of aliphatic hydroxyl groups excluding tert-OH is 1. The molecule has 1 fully saturated rings. The first-order chi connectivity index (χ1) is 8.31. The summed E-state index contributed by atoms with van der Waals surface area (Å²) in [7, 11) is 0. The maximum absolute atomic E-state index is 9.24. The summed E-state index contributed by atoms with van der Waals surface area (Å²) in [5.74, 6) is 0. The molecule has 0 aromatic heterocycles. The van der Waals surface area contributed by atoms with Gasteiger partial charge in [0.1, 0.15) is 0 Å². The van der Waals surface area contributed by atoms with Crippen molar-refractivity contribution in [3.63, 3.8) is 0 Å². The number of nitrogens with one attached hydrogen (secondary N) is 1. The lowest BCUT2D eigenvalue weighted by Crippen LogP contribution is -2.45. The van der Waals surface area contributed by atoms with Crippen molar-refractivity contribution in [1.82, 2.24) is 10.2 Å². The van der Waals surface area contributed by atoms with Crippen LogP contribution in [0.3, 0.4) is 0 Å². The van der Waals surface area contributed by atoms with Gasteiger partial charge in [-0.25, -0.2) is 0 Å². The fourth-order valence-electron chi connectivity index (χ4n) is 2.36. The molecule has 1 aliphatic rings. The number of hydrogen-bond acceptors (Lipinski definition) is 3. The Morgan fingerprint density at radius 2 is 1.83 bits per heavy atom. The zero-order valence-electron chi connectivity index (χ0n) is 10.3. The van der Waals surface area contributed by atoms with E-state index in [2.05, 4.69) is 57.1 Å². The van der Waals surface area contributed by atoms with Crippen LogP contribution in [0.25, 0.3) is 0 Å². The number of rotatable bonds is 4. The van der Waals surface area contributed by atoms with E-state index in [0.717, 1.165) is 32.6 Å². The summed E-state index contributed by atoms with van der Waals surface area (Å²) in [4.78, 5) is 2.47. The molecule has 5 heteroatoms. The lowest BCUT2D eigenvalue weighted by atomic mass is 10.0. The van der Waals surface area contributed by atoms with E-state index in [-0.39, 0.29) is 19.0 Å². The number of nitrogens with zero attached hydrogens (tertiary/aromatic N) is 1. The first-order valence-corrected chi connectivity index (χ1v) is 7.20. The van der Waals surface area contributed by atoms with Gasteiger partial charge in [-0.05, 0) is 46.7 Å². The third-order valence-corrected chi connectivity index (χ3v) is 3.97. The lowest BCUT2D eigenvalue weighted by molar-refractivity contribution is 0.141. The van der Waals surface area contributed by atoms with Gasteiger partial charge in [0.25, 0.3) is 0 Å². The first-order valence-electron chi connectivity index (χ1n) is 6.12. The van der Waals surface area contributed by atoms with Crippen molar-refractivity contribution in [2.75, 3.05) is 32.8 Å². The molecule has 102 valence electrons. The predicted molar refractivity (Wildman–Crippen MR) is 85.3 cm³/mol. The highest BCUT2D eigenvalue weighted by atomic mass is 127. The van der Waals surface area contributed by atoms with Crippen LogP contribution in [0.1, 0.15) is 18.0 Å². The first kappa shape index (κ1) is 16.2. The largest absolute Gasteiger partial charge is 0.396 e. The van der Waals surface area contributed by atoms with Gasteiger partial charge in [-0.1, -0.05) is 12.1 Å². The van der Waals surface area contributed by atoms with E-state index in [9.17, 15) is 5.11 Å². The van der Waals surface area contributed by atoms with Crippen LogP contribution in [-0.2, 0) is 0 Å². The topological polar surface area (TPSA) is 35.5 Å². The molecule has 0 amide bonds. The molecule has 0 radical (unpaired) electrons.